The second-order valence-corrected chi connectivity index (χ2v) is 7.57. The number of carboxylic acids is 1. The molecule has 1 aromatic carbocycles. The van der Waals surface area contributed by atoms with Crippen molar-refractivity contribution < 1.29 is 19.5 Å². The maximum atomic E-state index is 12.9. The first-order chi connectivity index (χ1) is 16.3. The molecule has 7 N–H and O–H groups in total. The molecule has 1 aromatic heterocycles. The maximum Gasteiger partial charge on any atom is 0.323 e. The van der Waals surface area contributed by atoms with E-state index in [0.29, 0.717) is 19.4 Å². The molecule has 34 heavy (non-hydrogen) atoms. The molecule has 12 nitrogen and oxygen atoms in total. The zero-order chi connectivity index (χ0) is 24.8. The predicted molar refractivity (Wildman–Crippen MR) is 127 cm³/mol. The van der Waals surface area contributed by atoms with Crippen molar-refractivity contribution in [2.45, 2.75) is 19.4 Å². The number of aliphatic imine (C=N–C) groups is 1. The molecule has 2 rings (SSSR count). The number of benzene rings is 1. The molecule has 0 bridgehead atoms. The fourth-order valence-electron chi connectivity index (χ4n) is 3.17. The number of carbonyl (C=O) groups is 3. The van der Waals surface area contributed by atoms with E-state index in [9.17, 15) is 19.5 Å². The van der Waals surface area contributed by atoms with Crippen LogP contribution in [0.5, 0.6) is 0 Å². The van der Waals surface area contributed by atoms with Gasteiger partial charge in [0.1, 0.15) is 18.9 Å². The summed E-state index contributed by atoms with van der Waals surface area (Å²) in [5, 5.41) is 12.3. The van der Waals surface area contributed by atoms with Gasteiger partial charge in [-0.3, -0.25) is 19.4 Å². The highest BCUT2D eigenvalue weighted by molar-refractivity contribution is 5.87. The molecule has 1 heterocycles. The number of aromatic amines is 1. The van der Waals surface area contributed by atoms with E-state index < -0.39 is 18.4 Å². The Morgan fingerprint density at radius 3 is 2.50 bits per heavy atom. The number of nitrogens with one attached hydrogen (secondary N) is 2. The van der Waals surface area contributed by atoms with Crippen LogP contribution in [0, 0.1) is 0 Å². The van der Waals surface area contributed by atoms with E-state index >= 15 is 0 Å². The predicted octanol–water partition coefficient (Wildman–Crippen LogP) is -0.853. The van der Waals surface area contributed by atoms with Gasteiger partial charge < -0.3 is 36.7 Å². The zero-order valence-electron chi connectivity index (χ0n) is 19.0. The van der Waals surface area contributed by atoms with Gasteiger partial charge in [0.2, 0.25) is 11.8 Å². The highest BCUT2D eigenvalue weighted by Crippen LogP contribution is 2.06. The Hall–Kier alpha value is -3.93. The molecule has 12 heteroatoms. The van der Waals surface area contributed by atoms with Crippen LogP contribution in [-0.4, -0.2) is 87.9 Å². The van der Waals surface area contributed by atoms with E-state index in [2.05, 4.69) is 20.3 Å². The third-order valence-corrected chi connectivity index (χ3v) is 4.82. The SMILES string of the molecule is NC(N)=NCCCN(CC(=O)O)C(=O)CN(Cc1ccccc1)C(=O)CNCCc1ncc[nH]1. The van der Waals surface area contributed by atoms with Crippen LogP contribution in [0.25, 0.3) is 0 Å². The summed E-state index contributed by atoms with van der Waals surface area (Å²) in [5.74, 6) is -1.15. The van der Waals surface area contributed by atoms with E-state index in [0.717, 1.165) is 11.4 Å². The molecule has 184 valence electrons. The minimum absolute atomic E-state index is 0.0320. The van der Waals surface area contributed by atoms with Gasteiger partial charge in [0.15, 0.2) is 5.96 Å². The lowest BCUT2D eigenvalue weighted by Crippen LogP contribution is -2.47. The number of amides is 2. The van der Waals surface area contributed by atoms with E-state index in [1.807, 2.05) is 30.3 Å². The maximum absolute atomic E-state index is 12.9. The number of guanidine groups is 1. The summed E-state index contributed by atoms with van der Waals surface area (Å²) in [6.45, 7) is 0.472. The number of hydrogen-bond donors (Lipinski definition) is 5. The molecule has 0 saturated heterocycles. The number of nitrogens with zero attached hydrogens (tertiary/aromatic N) is 4. The fraction of sp³-hybridized carbons (Fsp3) is 0.409. The second-order valence-electron chi connectivity index (χ2n) is 7.57. The molecular weight excluding hydrogens is 440 g/mol. The highest BCUT2D eigenvalue weighted by Gasteiger charge is 2.22. The molecule has 0 unspecified atom stereocenters. The number of carboxylic acid groups (broad SMARTS) is 1. The first-order valence-corrected chi connectivity index (χ1v) is 10.9. The number of imidazole rings is 1. The number of H-pyrrole nitrogens is 1. The van der Waals surface area contributed by atoms with Crippen molar-refractivity contribution in [2.24, 2.45) is 16.5 Å². The number of aromatic nitrogens is 2. The molecule has 0 aliphatic heterocycles. The standard InChI is InChI=1S/C22H32N8O4/c23-22(24)28-8-4-12-29(16-21(33)34)20(32)15-30(14-17-5-2-1-3-6-17)19(31)13-25-9-7-18-26-10-11-27-18/h1-3,5-6,10-11,25H,4,7-9,12-16H2,(H,26,27)(H,33,34)(H4,23,24,28). The van der Waals surface area contributed by atoms with Crippen molar-refractivity contribution in [1.82, 2.24) is 25.1 Å². The fourth-order valence-corrected chi connectivity index (χ4v) is 3.17. The van der Waals surface area contributed by atoms with Crippen LogP contribution >= 0.6 is 0 Å². The van der Waals surface area contributed by atoms with Crippen LogP contribution in [0.3, 0.4) is 0 Å². The minimum atomic E-state index is -1.14. The van der Waals surface area contributed by atoms with Crippen molar-refractivity contribution in [3.63, 3.8) is 0 Å². The lowest BCUT2D eigenvalue weighted by molar-refractivity contribution is -0.146. The Bertz CT molecular complexity index is 930. The highest BCUT2D eigenvalue weighted by atomic mass is 16.4. The van der Waals surface area contributed by atoms with Gasteiger partial charge in [0.05, 0.1) is 6.54 Å². The van der Waals surface area contributed by atoms with Gasteiger partial charge in [-0.1, -0.05) is 30.3 Å². The molecule has 0 radical (unpaired) electrons. The minimum Gasteiger partial charge on any atom is -0.480 e. The lowest BCUT2D eigenvalue weighted by Gasteiger charge is -2.27. The summed E-state index contributed by atoms with van der Waals surface area (Å²) in [5.41, 5.74) is 11.5. The number of rotatable bonds is 15. The molecule has 0 atom stereocenters. The van der Waals surface area contributed by atoms with Crippen LogP contribution < -0.4 is 16.8 Å². The first-order valence-electron chi connectivity index (χ1n) is 10.9. The Morgan fingerprint density at radius 1 is 1.09 bits per heavy atom. The Balaban J connectivity index is 2.00. The summed E-state index contributed by atoms with van der Waals surface area (Å²) in [6.07, 6.45) is 4.40. The van der Waals surface area contributed by atoms with E-state index in [1.165, 1.54) is 9.80 Å². The van der Waals surface area contributed by atoms with Crippen molar-refractivity contribution in [3.8, 4) is 0 Å². The van der Waals surface area contributed by atoms with E-state index in [-0.39, 0.29) is 44.6 Å². The molecule has 2 amide bonds. The molecular formula is C22H32N8O4. The van der Waals surface area contributed by atoms with E-state index in [1.54, 1.807) is 12.4 Å². The Kier molecular flexibility index (Phi) is 11.0. The molecule has 0 saturated carbocycles. The van der Waals surface area contributed by atoms with Gasteiger partial charge in [-0.25, -0.2) is 4.98 Å². The van der Waals surface area contributed by atoms with Crippen LogP contribution in [-0.2, 0) is 27.3 Å². The largest absolute Gasteiger partial charge is 0.480 e. The van der Waals surface area contributed by atoms with E-state index in [4.69, 9.17) is 11.5 Å². The second kappa shape index (κ2) is 14.3. The number of nitrogens with two attached hydrogens (primary N) is 2. The van der Waals surface area contributed by atoms with Crippen molar-refractivity contribution in [3.05, 3.63) is 54.1 Å². The van der Waals surface area contributed by atoms with Gasteiger partial charge in [-0.05, 0) is 12.0 Å². The average Bonchev–Trinajstić information content (AvgIpc) is 3.32. The normalized spacial score (nSPS) is 10.5. The van der Waals surface area contributed by atoms with Crippen LogP contribution in [0.2, 0.25) is 0 Å². The quantitative estimate of drug-likeness (QED) is 0.126. The van der Waals surface area contributed by atoms with Crippen LogP contribution in [0.4, 0.5) is 0 Å². The first kappa shape index (κ1) is 26.3. The number of aliphatic carboxylic acids is 1. The van der Waals surface area contributed by atoms with Crippen LogP contribution in [0.15, 0.2) is 47.7 Å². The average molecular weight is 473 g/mol. The zero-order valence-corrected chi connectivity index (χ0v) is 19.0. The summed E-state index contributed by atoms with van der Waals surface area (Å²) in [4.78, 5) is 50.7. The third-order valence-electron chi connectivity index (χ3n) is 4.82. The van der Waals surface area contributed by atoms with Gasteiger partial charge in [-0.2, -0.15) is 0 Å². The van der Waals surface area contributed by atoms with Gasteiger partial charge in [0.25, 0.3) is 0 Å². The lowest BCUT2D eigenvalue weighted by atomic mass is 10.2. The van der Waals surface area contributed by atoms with Gasteiger partial charge in [0, 0.05) is 45.0 Å². The third kappa shape index (κ3) is 10.1. The van der Waals surface area contributed by atoms with Gasteiger partial charge >= 0.3 is 5.97 Å². The summed E-state index contributed by atoms with van der Waals surface area (Å²) in [7, 11) is 0. The number of hydrogen-bond acceptors (Lipinski definition) is 6. The topological polar surface area (TPSA) is 183 Å². The van der Waals surface area contributed by atoms with Crippen LogP contribution in [0.1, 0.15) is 17.8 Å². The Labute approximate surface area is 198 Å². The molecule has 0 aliphatic rings. The summed E-state index contributed by atoms with van der Waals surface area (Å²) in [6, 6.07) is 9.28. The van der Waals surface area contributed by atoms with Gasteiger partial charge in [-0.15, -0.1) is 0 Å². The monoisotopic (exact) mass is 472 g/mol. The molecule has 0 fully saturated rings. The summed E-state index contributed by atoms with van der Waals surface area (Å²) < 4.78 is 0. The summed E-state index contributed by atoms with van der Waals surface area (Å²) >= 11 is 0. The smallest absolute Gasteiger partial charge is 0.323 e. The van der Waals surface area contributed by atoms with Crippen molar-refractivity contribution >= 4 is 23.7 Å². The Morgan fingerprint density at radius 2 is 1.85 bits per heavy atom. The molecule has 0 aliphatic carbocycles. The van der Waals surface area contributed by atoms with Crippen molar-refractivity contribution in [2.75, 3.05) is 39.3 Å². The van der Waals surface area contributed by atoms with Crippen molar-refractivity contribution in [1.29, 1.82) is 0 Å². The molecule has 2 aromatic rings. The molecule has 0 spiro atoms. The number of carbonyl (C=O) groups excluding carboxylic acids is 2.